The normalized spacial score (nSPS) is 21.1. The van der Waals surface area contributed by atoms with Crippen LogP contribution in [0.25, 0.3) is 0 Å². The number of sulfone groups is 1. The number of anilines is 1. The third-order valence-electron chi connectivity index (χ3n) is 2.75. The quantitative estimate of drug-likeness (QED) is 0.762. The van der Waals surface area contributed by atoms with E-state index in [1.807, 2.05) is 0 Å². The molecule has 0 aromatic carbocycles. The Bertz CT molecular complexity index is 630. The van der Waals surface area contributed by atoms with Crippen molar-refractivity contribution in [1.29, 1.82) is 0 Å². The summed E-state index contributed by atoms with van der Waals surface area (Å²) >= 11 is 0. The van der Waals surface area contributed by atoms with Crippen molar-refractivity contribution in [3.63, 3.8) is 0 Å². The number of aromatic nitrogens is 2. The molecule has 18 heavy (non-hydrogen) atoms. The molecular formula is C10H13N3O4S. The van der Waals surface area contributed by atoms with Crippen molar-refractivity contribution in [1.82, 2.24) is 9.55 Å². The molecule has 0 saturated heterocycles. The summed E-state index contributed by atoms with van der Waals surface area (Å²) in [6, 6.07) is -0.430. The molecule has 1 aromatic heterocycles. The van der Waals surface area contributed by atoms with Crippen molar-refractivity contribution in [3.05, 3.63) is 23.0 Å². The minimum absolute atomic E-state index is 0.00713. The molecule has 0 bridgehead atoms. The van der Waals surface area contributed by atoms with Crippen molar-refractivity contribution < 1.29 is 17.9 Å². The van der Waals surface area contributed by atoms with Gasteiger partial charge in [-0.2, -0.15) is 0 Å². The van der Waals surface area contributed by atoms with Crippen LogP contribution in [0.5, 0.6) is 0 Å². The van der Waals surface area contributed by atoms with Crippen molar-refractivity contribution in [2.45, 2.75) is 13.0 Å². The first kappa shape index (κ1) is 12.6. The van der Waals surface area contributed by atoms with Gasteiger partial charge in [0, 0.05) is 5.41 Å². The standard InChI is InChI=1S/C10H13N3O4S/c1-6-12-8(10(14)17-2)9(11)13(6)7-3-4-18(15,16)5-7/h3-4,7H,5,11H2,1-2H3. The number of allylic oxidation sites excluding steroid dienone is 1. The number of esters is 1. The first-order valence-corrected chi connectivity index (χ1v) is 6.91. The lowest BCUT2D eigenvalue weighted by atomic mass is 10.3. The highest BCUT2D eigenvalue weighted by molar-refractivity contribution is 7.94. The number of nitrogens with two attached hydrogens (primary N) is 1. The number of nitrogens with zero attached hydrogens (tertiary/aromatic N) is 2. The Hall–Kier alpha value is -1.83. The van der Waals surface area contributed by atoms with E-state index >= 15 is 0 Å². The number of aryl methyl sites for hydroxylation is 1. The number of imidazole rings is 1. The summed E-state index contributed by atoms with van der Waals surface area (Å²) in [7, 11) is -1.96. The fourth-order valence-electron chi connectivity index (χ4n) is 1.95. The van der Waals surface area contributed by atoms with Crippen LogP contribution in [0, 0.1) is 6.92 Å². The lowest BCUT2D eigenvalue weighted by Crippen LogP contribution is -2.16. The SMILES string of the molecule is COC(=O)c1nc(C)n(C2C=CS(=O)(=O)C2)c1N. The van der Waals surface area contributed by atoms with E-state index in [0.29, 0.717) is 5.82 Å². The monoisotopic (exact) mass is 271 g/mol. The predicted octanol–water partition coefficient (Wildman–Crippen LogP) is 0.0435. The highest BCUT2D eigenvalue weighted by Gasteiger charge is 2.28. The zero-order chi connectivity index (χ0) is 13.5. The molecule has 8 heteroatoms. The van der Waals surface area contributed by atoms with E-state index < -0.39 is 21.8 Å². The molecule has 1 aliphatic rings. The van der Waals surface area contributed by atoms with Crippen LogP contribution in [-0.2, 0) is 14.6 Å². The topological polar surface area (TPSA) is 104 Å². The molecule has 1 unspecified atom stereocenters. The first-order chi connectivity index (χ1) is 8.35. The van der Waals surface area contributed by atoms with Crippen molar-refractivity contribution in [3.8, 4) is 0 Å². The van der Waals surface area contributed by atoms with Gasteiger partial charge in [0.2, 0.25) is 0 Å². The van der Waals surface area contributed by atoms with E-state index in [-0.39, 0.29) is 17.3 Å². The van der Waals surface area contributed by atoms with Gasteiger partial charge in [0.1, 0.15) is 11.6 Å². The number of carbonyl (C=O) groups is 1. The van der Waals surface area contributed by atoms with Crippen LogP contribution < -0.4 is 5.73 Å². The molecule has 98 valence electrons. The second-order valence-corrected chi connectivity index (χ2v) is 5.91. The third kappa shape index (κ3) is 1.99. The minimum atomic E-state index is -3.19. The number of carbonyl (C=O) groups excluding carboxylic acids is 1. The largest absolute Gasteiger partial charge is 0.464 e. The van der Waals surface area contributed by atoms with Gasteiger partial charge in [-0.15, -0.1) is 0 Å². The average Bonchev–Trinajstić information content (AvgIpc) is 2.78. The molecule has 0 aliphatic carbocycles. The number of hydrogen-bond donors (Lipinski definition) is 1. The summed E-state index contributed by atoms with van der Waals surface area (Å²) in [6.45, 7) is 1.65. The predicted molar refractivity (Wildman–Crippen MR) is 64.7 cm³/mol. The Balaban J connectivity index is 2.45. The van der Waals surface area contributed by atoms with Gasteiger partial charge in [-0.05, 0) is 13.0 Å². The Morgan fingerprint density at radius 3 is 2.78 bits per heavy atom. The molecule has 1 atom stereocenters. The van der Waals surface area contributed by atoms with Crippen LogP contribution in [0.4, 0.5) is 5.82 Å². The Kier molecular flexibility index (Phi) is 2.89. The fourth-order valence-corrected chi connectivity index (χ4v) is 3.22. The summed E-state index contributed by atoms with van der Waals surface area (Å²) in [5.41, 5.74) is 5.83. The summed E-state index contributed by atoms with van der Waals surface area (Å²) in [5.74, 6) is -0.125. The number of ether oxygens (including phenoxy) is 1. The Morgan fingerprint density at radius 2 is 2.28 bits per heavy atom. The van der Waals surface area contributed by atoms with Gasteiger partial charge in [-0.3, -0.25) is 0 Å². The van der Waals surface area contributed by atoms with Crippen LogP contribution >= 0.6 is 0 Å². The van der Waals surface area contributed by atoms with Crippen LogP contribution in [0.2, 0.25) is 0 Å². The molecule has 0 spiro atoms. The van der Waals surface area contributed by atoms with Gasteiger partial charge in [-0.25, -0.2) is 18.2 Å². The van der Waals surface area contributed by atoms with Gasteiger partial charge in [0.25, 0.3) is 0 Å². The van der Waals surface area contributed by atoms with E-state index in [1.54, 1.807) is 6.92 Å². The summed E-state index contributed by atoms with van der Waals surface area (Å²) in [5, 5.41) is 1.15. The molecule has 0 saturated carbocycles. The van der Waals surface area contributed by atoms with Crippen molar-refractivity contribution in [2.24, 2.45) is 0 Å². The highest BCUT2D eigenvalue weighted by atomic mass is 32.2. The molecule has 1 aromatic rings. The lowest BCUT2D eigenvalue weighted by molar-refractivity contribution is 0.0595. The fraction of sp³-hybridized carbons (Fsp3) is 0.400. The summed E-state index contributed by atoms with van der Waals surface area (Å²) in [6.07, 6.45) is 1.53. The first-order valence-electron chi connectivity index (χ1n) is 5.19. The summed E-state index contributed by atoms with van der Waals surface area (Å²) in [4.78, 5) is 15.4. The molecule has 2 heterocycles. The zero-order valence-corrected chi connectivity index (χ0v) is 10.8. The molecule has 0 radical (unpaired) electrons. The van der Waals surface area contributed by atoms with E-state index in [4.69, 9.17) is 5.73 Å². The second kappa shape index (κ2) is 4.13. The van der Waals surface area contributed by atoms with Crippen molar-refractivity contribution >= 4 is 21.6 Å². The molecule has 2 rings (SSSR count). The van der Waals surface area contributed by atoms with Gasteiger partial charge >= 0.3 is 5.97 Å². The maximum absolute atomic E-state index is 11.4. The lowest BCUT2D eigenvalue weighted by Gasteiger charge is -2.12. The van der Waals surface area contributed by atoms with Crippen LogP contribution in [0.15, 0.2) is 11.5 Å². The maximum Gasteiger partial charge on any atom is 0.360 e. The zero-order valence-electron chi connectivity index (χ0n) is 9.95. The van der Waals surface area contributed by atoms with Gasteiger partial charge < -0.3 is 15.0 Å². The smallest absolute Gasteiger partial charge is 0.360 e. The van der Waals surface area contributed by atoms with Crippen LogP contribution in [0.1, 0.15) is 22.4 Å². The number of methoxy groups -OCH3 is 1. The van der Waals surface area contributed by atoms with E-state index in [0.717, 1.165) is 5.41 Å². The second-order valence-electron chi connectivity index (χ2n) is 3.98. The van der Waals surface area contributed by atoms with Gasteiger partial charge in [-0.1, -0.05) is 0 Å². The molecule has 0 amide bonds. The van der Waals surface area contributed by atoms with Crippen molar-refractivity contribution in [2.75, 3.05) is 18.6 Å². The number of nitrogen functional groups attached to an aromatic ring is 1. The summed E-state index contributed by atoms with van der Waals surface area (Å²) < 4.78 is 28.8. The van der Waals surface area contributed by atoms with Crippen LogP contribution in [-0.4, -0.2) is 36.8 Å². The number of hydrogen-bond acceptors (Lipinski definition) is 6. The highest BCUT2D eigenvalue weighted by Crippen LogP contribution is 2.27. The molecule has 7 nitrogen and oxygen atoms in total. The molecule has 1 aliphatic heterocycles. The minimum Gasteiger partial charge on any atom is -0.464 e. The van der Waals surface area contributed by atoms with Gasteiger partial charge in [0.15, 0.2) is 15.5 Å². The molecule has 2 N–H and O–H groups in total. The third-order valence-corrected chi connectivity index (χ3v) is 4.12. The van der Waals surface area contributed by atoms with E-state index in [9.17, 15) is 13.2 Å². The Labute approximate surface area is 104 Å². The van der Waals surface area contributed by atoms with E-state index in [2.05, 4.69) is 9.72 Å². The molecule has 0 fully saturated rings. The van der Waals surface area contributed by atoms with E-state index in [1.165, 1.54) is 17.8 Å². The Morgan fingerprint density at radius 1 is 1.61 bits per heavy atom. The van der Waals surface area contributed by atoms with Gasteiger partial charge in [0.05, 0.1) is 18.9 Å². The average molecular weight is 271 g/mol. The molecular weight excluding hydrogens is 258 g/mol. The van der Waals surface area contributed by atoms with Crippen LogP contribution in [0.3, 0.4) is 0 Å². The maximum atomic E-state index is 11.4. The number of rotatable bonds is 2.